The molecule has 0 radical (unpaired) electrons. The zero-order chi connectivity index (χ0) is 12.1. The van der Waals surface area contributed by atoms with E-state index in [9.17, 15) is 4.79 Å². The summed E-state index contributed by atoms with van der Waals surface area (Å²) in [5, 5.41) is 2.76. The Morgan fingerprint density at radius 3 is 2.29 bits per heavy atom. The minimum Gasteiger partial charge on any atom is -0.317 e. The minimum atomic E-state index is -0.0694. The van der Waals surface area contributed by atoms with E-state index in [4.69, 9.17) is 0 Å². The molecule has 3 heteroatoms. The number of aryl methyl sites for hydroxylation is 1. The molecule has 0 aliphatic carbocycles. The van der Waals surface area contributed by atoms with Crippen molar-refractivity contribution in [3.63, 3.8) is 0 Å². The van der Waals surface area contributed by atoms with Crippen LogP contribution in [0.3, 0.4) is 0 Å². The number of para-hydroxylation sites is 1. The van der Waals surface area contributed by atoms with Gasteiger partial charge in [0, 0.05) is 10.6 Å². The van der Waals surface area contributed by atoms with Gasteiger partial charge in [-0.1, -0.05) is 35.9 Å². The Bertz CT molecular complexity index is 493. The lowest BCUT2D eigenvalue weighted by atomic mass is 10.2. The van der Waals surface area contributed by atoms with Crippen molar-refractivity contribution in [2.45, 2.75) is 11.8 Å². The Hall–Kier alpha value is -1.74. The van der Waals surface area contributed by atoms with Crippen molar-refractivity contribution < 1.29 is 4.79 Å². The molecule has 0 aliphatic heterocycles. The van der Waals surface area contributed by atoms with Gasteiger partial charge in [-0.3, -0.25) is 4.79 Å². The highest BCUT2D eigenvalue weighted by Crippen LogP contribution is 2.21. The molecule has 2 aromatic carbocycles. The number of hydrogen-bond acceptors (Lipinski definition) is 2. The first kappa shape index (κ1) is 11.7. The molecular formula is C14H13NOS. The number of amides is 1. The fraction of sp³-hybridized carbons (Fsp3) is 0.0714. The van der Waals surface area contributed by atoms with Crippen molar-refractivity contribution in [3.8, 4) is 0 Å². The molecule has 17 heavy (non-hydrogen) atoms. The number of anilines is 1. The number of carbonyl (C=O) groups is 1. The number of hydrogen-bond donors (Lipinski definition) is 1. The maximum atomic E-state index is 11.7. The molecule has 0 spiro atoms. The van der Waals surface area contributed by atoms with Crippen LogP contribution in [0, 0.1) is 6.92 Å². The summed E-state index contributed by atoms with van der Waals surface area (Å²) in [6.45, 7) is 2.03. The van der Waals surface area contributed by atoms with Gasteiger partial charge in [0.05, 0.1) is 0 Å². The molecule has 2 nitrogen and oxygen atoms in total. The molecule has 0 saturated carbocycles. The lowest BCUT2D eigenvalue weighted by molar-refractivity contribution is 0.270. The van der Waals surface area contributed by atoms with Gasteiger partial charge in [-0.15, -0.1) is 0 Å². The van der Waals surface area contributed by atoms with E-state index in [-0.39, 0.29) is 5.24 Å². The van der Waals surface area contributed by atoms with Gasteiger partial charge >= 0.3 is 0 Å². The van der Waals surface area contributed by atoms with Crippen molar-refractivity contribution >= 4 is 22.7 Å². The zero-order valence-electron chi connectivity index (χ0n) is 9.51. The number of nitrogens with one attached hydrogen (secondary N) is 1. The summed E-state index contributed by atoms with van der Waals surface area (Å²) in [5.74, 6) is 0. The number of thioether (sulfide) groups is 1. The van der Waals surface area contributed by atoms with Crippen molar-refractivity contribution in [2.75, 3.05) is 5.32 Å². The molecule has 0 bridgehead atoms. The summed E-state index contributed by atoms with van der Waals surface area (Å²) in [6.07, 6.45) is 0. The Labute approximate surface area is 105 Å². The van der Waals surface area contributed by atoms with Crippen LogP contribution in [-0.4, -0.2) is 5.24 Å². The highest BCUT2D eigenvalue weighted by molar-refractivity contribution is 8.13. The first-order valence-electron chi connectivity index (χ1n) is 5.34. The molecule has 0 aliphatic rings. The molecule has 0 saturated heterocycles. The van der Waals surface area contributed by atoms with Crippen molar-refractivity contribution in [2.24, 2.45) is 0 Å². The van der Waals surface area contributed by atoms with Crippen LogP contribution >= 0.6 is 11.8 Å². The first-order valence-corrected chi connectivity index (χ1v) is 6.16. The molecule has 86 valence electrons. The molecule has 2 rings (SSSR count). The summed E-state index contributed by atoms with van der Waals surface area (Å²) < 4.78 is 0. The molecule has 1 amide bonds. The Balaban J connectivity index is 1.96. The maximum Gasteiger partial charge on any atom is 0.288 e. The Morgan fingerprint density at radius 1 is 1.00 bits per heavy atom. The number of rotatable bonds is 2. The molecular weight excluding hydrogens is 230 g/mol. The third-order valence-corrected chi connectivity index (χ3v) is 3.05. The van der Waals surface area contributed by atoms with Crippen LogP contribution in [0.5, 0.6) is 0 Å². The zero-order valence-corrected chi connectivity index (χ0v) is 10.3. The van der Waals surface area contributed by atoms with E-state index in [1.807, 2.05) is 61.5 Å². The summed E-state index contributed by atoms with van der Waals surface area (Å²) in [7, 11) is 0. The van der Waals surface area contributed by atoms with E-state index in [0.717, 1.165) is 10.6 Å². The molecule has 2 aromatic rings. The first-order chi connectivity index (χ1) is 8.24. The third-order valence-electron chi connectivity index (χ3n) is 2.25. The fourth-order valence-electron chi connectivity index (χ4n) is 1.38. The third kappa shape index (κ3) is 3.64. The van der Waals surface area contributed by atoms with Crippen LogP contribution in [0.25, 0.3) is 0 Å². The van der Waals surface area contributed by atoms with E-state index in [1.165, 1.54) is 17.3 Å². The topological polar surface area (TPSA) is 29.1 Å². The van der Waals surface area contributed by atoms with E-state index >= 15 is 0 Å². The van der Waals surface area contributed by atoms with E-state index in [0.29, 0.717) is 0 Å². The van der Waals surface area contributed by atoms with Crippen molar-refractivity contribution in [1.82, 2.24) is 0 Å². The Kier molecular flexibility index (Phi) is 3.83. The molecule has 0 atom stereocenters. The number of carbonyl (C=O) groups excluding carboxylic acids is 1. The highest BCUT2D eigenvalue weighted by Gasteiger charge is 2.04. The predicted molar refractivity (Wildman–Crippen MR) is 72.5 cm³/mol. The van der Waals surface area contributed by atoms with Gasteiger partial charge in [0.2, 0.25) is 0 Å². The van der Waals surface area contributed by atoms with Crippen molar-refractivity contribution in [3.05, 3.63) is 60.2 Å². The number of benzene rings is 2. The van der Waals surface area contributed by atoms with Gasteiger partial charge in [-0.05, 0) is 43.0 Å². The standard InChI is InChI=1S/C14H13NOS/c1-11-7-9-13(10-8-11)17-14(16)15-12-5-3-2-4-6-12/h2-10H,1H3,(H,15,16). The van der Waals surface area contributed by atoms with E-state index in [1.54, 1.807) is 0 Å². The summed E-state index contributed by atoms with van der Waals surface area (Å²) in [5.41, 5.74) is 2.01. The highest BCUT2D eigenvalue weighted by atomic mass is 32.2. The van der Waals surface area contributed by atoms with E-state index < -0.39 is 0 Å². The van der Waals surface area contributed by atoms with Crippen LogP contribution in [0.15, 0.2) is 59.5 Å². The lowest BCUT2D eigenvalue weighted by Crippen LogP contribution is -2.04. The SMILES string of the molecule is Cc1ccc(SC(=O)Nc2ccccc2)cc1. The van der Waals surface area contributed by atoms with Crippen LogP contribution < -0.4 is 5.32 Å². The summed E-state index contributed by atoms with van der Waals surface area (Å²) in [4.78, 5) is 12.7. The average Bonchev–Trinajstić information content (AvgIpc) is 2.33. The van der Waals surface area contributed by atoms with Gasteiger partial charge in [0.1, 0.15) is 0 Å². The van der Waals surface area contributed by atoms with Gasteiger partial charge in [-0.2, -0.15) is 0 Å². The van der Waals surface area contributed by atoms with Crippen LogP contribution in [0.4, 0.5) is 10.5 Å². The smallest absolute Gasteiger partial charge is 0.288 e. The van der Waals surface area contributed by atoms with Gasteiger partial charge < -0.3 is 5.32 Å². The molecule has 0 unspecified atom stereocenters. The second-order valence-electron chi connectivity index (χ2n) is 3.69. The van der Waals surface area contributed by atoms with Gasteiger partial charge in [-0.25, -0.2) is 0 Å². The van der Waals surface area contributed by atoms with E-state index in [2.05, 4.69) is 5.32 Å². The monoisotopic (exact) mass is 243 g/mol. The van der Waals surface area contributed by atoms with Gasteiger partial charge in [0.15, 0.2) is 0 Å². The molecule has 0 aromatic heterocycles. The van der Waals surface area contributed by atoms with Gasteiger partial charge in [0.25, 0.3) is 5.24 Å². The second-order valence-corrected chi connectivity index (χ2v) is 4.74. The normalized spacial score (nSPS) is 9.94. The van der Waals surface area contributed by atoms with Crippen LogP contribution in [0.1, 0.15) is 5.56 Å². The summed E-state index contributed by atoms with van der Waals surface area (Å²) in [6, 6.07) is 17.3. The predicted octanol–water partition coefficient (Wildman–Crippen LogP) is 4.32. The largest absolute Gasteiger partial charge is 0.317 e. The molecule has 1 N–H and O–H groups in total. The average molecular weight is 243 g/mol. The molecule has 0 fully saturated rings. The van der Waals surface area contributed by atoms with Crippen LogP contribution in [-0.2, 0) is 0 Å². The second kappa shape index (κ2) is 5.55. The lowest BCUT2D eigenvalue weighted by Gasteiger charge is -2.04. The minimum absolute atomic E-state index is 0.0694. The quantitative estimate of drug-likeness (QED) is 0.796. The fourth-order valence-corrected chi connectivity index (χ4v) is 2.03. The van der Waals surface area contributed by atoms with Crippen LogP contribution in [0.2, 0.25) is 0 Å². The van der Waals surface area contributed by atoms with Crippen molar-refractivity contribution in [1.29, 1.82) is 0 Å². The summed E-state index contributed by atoms with van der Waals surface area (Å²) >= 11 is 1.20. The molecule has 0 heterocycles. The Morgan fingerprint density at radius 2 is 1.65 bits per heavy atom. The maximum absolute atomic E-state index is 11.7.